The second-order valence-electron chi connectivity index (χ2n) is 10.2. The molecule has 1 saturated carbocycles. The Morgan fingerprint density at radius 3 is 2.72 bits per heavy atom. The number of hydrogen-bond acceptors (Lipinski definition) is 5. The van der Waals surface area contributed by atoms with Crippen molar-refractivity contribution >= 4 is 28.6 Å². The molecule has 2 aromatic rings. The number of ether oxygens (including phenoxy) is 1. The van der Waals surface area contributed by atoms with E-state index in [2.05, 4.69) is 61.3 Å². The zero-order valence-corrected chi connectivity index (χ0v) is 19.7. The fourth-order valence-electron chi connectivity index (χ4n) is 5.50. The number of esters is 1. The number of nitrogens with zero attached hydrogens (tertiary/aromatic N) is 2. The zero-order chi connectivity index (χ0) is 22.9. The van der Waals surface area contributed by atoms with E-state index in [0.717, 1.165) is 55.5 Å². The number of pyridine rings is 1. The lowest BCUT2D eigenvalue weighted by atomic mass is 9.73. The molecule has 6 heteroatoms. The summed E-state index contributed by atoms with van der Waals surface area (Å²) < 4.78 is 4.92. The Morgan fingerprint density at radius 1 is 1.16 bits per heavy atom. The summed E-state index contributed by atoms with van der Waals surface area (Å²) in [6.07, 6.45) is 4.19. The van der Waals surface area contributed by atoms with E-state index in [1.807, 2.05) is 0 Å². The van der Waals surface area contributed by atoms with Gasteiger partial charge in [0.25, 0.3) is 0 Å². The number of hydrogen-bond donors (Lipinski definition) is 1. The first-order valence-electron chi connectivity index (χ1n) is 11.8. The average Bonchev–Trinajstić information content (AvgIpc) is 2.78. The van der Waals surface area contributed by atoms with Gasteiger partial charge in [0.1, 0.15) is 5.82 Å². The summed E-state index contributed by atoms with van der Waals surface area (Å²) in [4.78, 5) is 32.4. The van der Waals surface area contributed by atoms with E-state index in [1.54, 1.807) is 0 Å². The van der Waals surface area contributed by atoms with Crippen LogP contribution in [0.5, 0.6) is 0 Å². The van der Waals surface area contributed by atoms with Crippen molar-refractivity contribution in [1.29, 1.82) is 0 Å². The summed E-state index contributed by atoms with van der Waals surface area (Å²) in [6, 6.07) is 10.5. The molecular weight excluding hydrogens is 402 g/mol. The Kier molecular flexibility index (Phi) is 6.40. The number of methoxy groups -OCH3 is 1. The maximum Gasteiger partial charge on any atom is 0.308 e. The van der Waals surface area contributed by atoms with Gasteiger partial charge in [0.2, 0.25) is 5.91 Å². The number of aromatic nitrogens is 1. The third kappa shape index (κ3) is 4.59. The average molecular weight is 438 g/mol. The van der Waals surface area contributed by atoms with Crippen molar-refractivity contribution in [3.63, 3.8) is 0 Å². The number of aryl methyl sites for hydroxylation is 1. The van der Waals surface area contributed by atoms with E-state index in [0.29, 0.717) is 6.42 Å². The zero-order valence-electron chi connectivity index (χ0n) is 19.7. The van der Waals surface area contributed by atoms with Gasteiger partial charge in [-0.25, -0.2) is 4.98 Å². The van der Waals surface area contributed by atoms with Gasteiger partial charge in [0, 0.05) is 30.4 Å². The summed E-state index contributed by atoms with van der Waals surface area (Å²) in [5.41, 5.74) is 2.04. The maximum atomic E-state index is 13.2. The summed E-state index contributed by atoms with van der Waals surface area (Å²) >= 11 is 0. The van der Waals surface area contributed by atoms with Gasteiger partial charge < -0.3 is 15.0 Å². The number of fused-ring (bicyclic) bond motifs is 1. The van der Waals surface area contributed by atoms with Crippen LogP contribution in [0.4, 0.5) is 5.82 Å². The minimum atomic E-state index is -0.179. The summed E-state index contributed by atoms with van der Waals surface area (Å²) in [5, 5.41) is 4.41. The van der Waals surface area contributed by atoms with Crippen LogP contribution >= 0.6 is 0 Å². The standard InChI is InChI=1S/C26H35N3O3/c1-17-7-5-8-18-11-12-22(28-23(17)18)29-14-13-21(26(2,3)16-29)24(30)27-20-10-6-9-19(15-20)25(31)32-4/h5,7-8,11-12,19-21H,6,9-10,13-16H2,1-4H3,(H,27,30)/t19-,20-,21+/m0/s1. The maximum absolute atomic E-state index is 13.2. The molecule has 1 aromatic heterocycles. The molecule has 2 aliphatic rings. The van der Waals surface area contributed by atoms with Gasteiger partial charge in [-0.3, -0.25) is 9.59 Å². The van der Waals surface area contributed by atoms with Crippen molar-refractivity contribution in [3.05, 3.63) is 35.9 Å². The first-order valence-corrected chi connectivity index (χ1v) is 11.8. The number of piperidine rings is 1. The van der Waals surface area contributed by atoms with E-state index in [4.69, 9.17) is 9.72 Å². The van der Waals surface area contributed by atoms with Crippen LogP contribution in [0, 0.1) is 24.2 Å². The van der Waals surface area contributed by atoms with E-state index >= 15 is 0 Å². The normalized spacial score (nSPS) is 25.4. The van der Waals surface area contributed by atoms with Crippen LogP contribution in [0.1, 0.15) is 51.5 Å². The Balaban J connectivity index is 1.42. The number of nitrogens with one attached hydrogen (secondary N) is 1. The van der Waals surface area contributed by atoms with Gasteiger partial charge in [0.15, 0.2) is 0 Å². The van der Waals surface area contributed by atoms with Gasteiger partial charge in [0.05, 0.1) is 18.5 Å². The number of amides is 1. The van der Waals surface area contributed by atoms with Crippen molar-refractivity contribution < 1.29 is 14.3 Å². The van der Waals surface area contributed by atoms with Crippen LogP contribution in [0.2, 0.25) is 0 Å². The van der Waals surface area contributed by atoms with E-state index in [9.17, 15) is 9.59 Å². The fraction of sp³-hybridized carbons (Fsp3) is 0.577. The lowest BCUT2D eigenvalue weighted by Crippen LogP contribution is -2.53. The molecule has 172 valence electrons. The summed E-state index contributed by atoms with van der Waals surface area (Å²) in [7, 11) is 1.44. The molecule has 0 radical (unpaired) electrons. The van der Waals surface area contributed by atoms with Gasteiger partial charge in [-0.1, -0.05) is 38.5 Å². The topological polar surface area (TPSA) is 71.5 Å². The number of rotatable bonds is 4. The largest absolute Gasteiger partial charge is 0.469 e. The van der Waals surface area contributed by atoms with Crippen molar-refractivity contribution in [2.45, 2.75) is 58.9 Å². The number of carbonyl (C=O) groups is 2. The Labute approximate surface area is 190 Å². The highest BCUT2D eigenvalue weighted by Gasteiger charge is 2.41. The molecule has 1 aliphatic heterocycles. The predicted octanol–water partition coefficient (Wildman–Crippen LogP) is 4.24. The number of para-hydroxylation sites is 1. The Morgan fingerprint density at radius 2 is 1.97 bits per heavy atom. The Hall–Kier alpha value is -2.63. The molecular formula is C26H35N3O3. The monoisotopic (exact) mass is 437 g/mol. The molecule has 1 aliphatic carbocycles. The molecule has 4 rings (SSSR count). The van der Waals surface area contributed by atoms with E-state index < -0.39 is 0 Å². The molecule has 2 fully saturated rings. The van der Waals surface area contributed by atoms with Gasteiger partial charge >= 0.3 is 5.97 Å². The SMILES string of the molecule is COC(=O)[C@H]1CCC[C@H](NC(=O)[C@H]2CCN(c3ccc4cccc(C)c4n3)CC2(C)C)C1. The van der Waals surface area contributed by atoms with Crippen LogP contribution in [-0.4, -0.2) is 43.1 Å². The number of carbonyl (C=O) groups excluding carboxylic acids is 2. The van der Waals surface area contributed by atoms with Crippen LogP contribution in [-0.2, 0) is 14.3 Å². The van der Waals surface area contributed by atoms with E-state index in [1.165, 1.54) is 12.7 Å². The second kappa shape index (κ2) is 9.08. The smallest absolute Gasteiger partial charge is 0.308 e. The van der Waals surface area contributed by atoms with Crippen LogP contribution in [0.25, 0.3) is 10.9 Å². The third-order valence-corrected chi connectivity index (χ3v) is 7.33. The lowest BCUT2D eigenvalue weighted by Gasteiger charge is -2.44. The molecule has 6 nitrogen and oxygen atoms in total. The predicted molar refractivity (Wildman–Crippen MR) is 126 cm³/mol. The first kappa shape index (κ1) is 22.6. The molecule has 1 N–H and O–H groups in total. The summed E-state index contributed by atoms with van der Waals surface area (Å²) in [6.45, 7) is 8.03. The van der Waals surface area contributed by atoms with Crippen molar-refractivity contribution in [1.82, 2.24) is 10.3 Å². The minimum absolute atomic E-state index is 0.0549. The molecule has 0 bridgehead atoms. The van der Waals surface area contributed by atoms with Gasteiger partial charge in [-0.2, -0.15) is 0 Å². The van der Waals surface area contributed by atoms with Crippen LogP contribution in [0.15, 0.2) is 30.3 Å². The van der Waals surface area contributed by atoms with Crippen LogP contribution < -0.4 is 10.2 Å². The van der Waals surface area contributed by atoms with Crippen molar-refractivity contribution in [2.24, 2.45) is 17.3 Å². The first-order chi connectivity index (χ1) is 15.3. The molecule has 1 saturated heterocycles. The summed E-state index contributed by atoms with van der Waals surface area (Å²) in [5.74, 6) is 0.783. The van der Waals surface area contributed by atoms with Crippen molar-refractivity contribution in [3.8, 4) is 0 Å². The number of benzene rings is 1. The lowest BCUT2D eigenvalue weighted by molar-refractivity contribution is -0.147. The molecule has 0 unspecified atom stereocenters. The second-order valence-corrected chi connectivity index (χ2v) is 10.2. The molecule has 2 heterocycles. The van der Waals surface area contributed by atoms with Crippen molar-refractivity contribution in [2.75, 3.05) is 25.1 Å². The number of anilines is 1. The molecule has 1 aromatic carbocycles. The highest BCUT2D eigenvalue weighted by molar-refractivity contribution is 5.83. The quantitative estimate of drug-likeness (QED) is 0.725. The van der Waals surface area contributed by atoms with Gasteiger partial charge in [-0.15, -0.1) is 0 Å². The molecule has 3 atom stereocenters. The Bertz CT molecular complexity index is 1000. The van der Waals surface area contributed by atoms with Gasteiger partial charge in [-0.05, 0) is 55.7 Å². The fourth-order valence-corrected chi connectivity index (χ4v) is 5.50. The highest BCUT2D eigenvalue weighted by atomic mass is 16.5. The highest BCUT2D eigenvalue weighted by Crippen LogP contribution is 2.37. The molecule has 0 spiro atoms. The van der Waals surface area contributed by atoms with E-state index in [-0.39, 0.29) is 35.2 Å². The minimum Gasteiger partial charge on any atom is -0.469 e. The molecule has 1 amide bonds. The third-order valence-electron chi connectivity index (χ3n) is 7.33. The van der Waals surface area contributed by atoms with Crippen LogP contribution in [0.3, 0.4) is 0 Å². The molecule has 32 heavy (non-hydrogen) atoms.